The molecular weight excluding hydrogens is 358 g/mol. The highest BCUT2D eigenvalue weighted by Gasteiger charge is 2.28. The van der Waals surface area contributed by atoms with Crippen molar-refractivity contribution in [3.63, 3.8) is 0 Å². The molecule has 0 aliphatic carbocycles. The Morgan fingerprint density at radius 2 is 1.35 bits per heavy atom. The molecular formula is C21H21N3S2. The first-order valence-electron chi connectivity index (χ1n) is 8.75. The smallest absolute Gasteiger partial charge is 0.182 e. The van der Waals surface area contributed by atoms with Gasteiger partial charge in [-0.3, -0.25) is 4.90 Å². The summed E-state index contributed by atoms with van der Waals surface area (Å²) in [6.45, 7) is 2.64. The predicted octanol–water partition coefficient (Wildman–Crippen LogP) is 4.82. The Kier molecular flexibility index (Phi) is 5.29. The van der Waals surface area contributed by atoms with E-state index in [-0.39, 0.29) is 0 Å². The van der Waals surface area contributed by atoms with Crippen LogP contribution in [0.15, 0.2) is 78.2 Å². The molecule has 1 fully saturated rings. The van der Waals surface area contributed by atoms with Crippen molar-refractivity contribution >= 4 is 40.0 Å². The molecule has 3 nitrogen and oxygen atoms in total. The lowest BCUT2D eigenvalue weighted by molar-refractivity contribution is 0.281. The number of hydrogen-bond donors (Lipinski definition) is 0. The van der Waals surface area contributed by atoms with Gasteiger partial charge >= 0.3 is 0 Å². The Bertz CT molecular complexity index is 783. The molecule has 0 bridgehead atoms. The van der Waals surface area contributed by atoms with E-state index in [1.807, 2.05) is 23.5 Å². The fraction of sp³-hybridized carbons (Fsp3) is 0.190. The van der Waals surface area contributed by atoms with Crippen molar-refractivity contribution in [2.24, 2.45) is 0 Å². The fourth-order valence-corrected chi connectivity index (χ4v) is 4.20. The van der Waals surface area contributed by atoms with Crippen LogP contribution < -0.4 is 9.80 Å². The second-order valence-electron chi connectivity index (χ2n) is 6.32. The quantitative estimate of drug-likeness (QED) is 0.588. The van der Waals surface area contributed by atoms with Crippen molar-refractivity contribution in [1.29, 1.82) is 0 Å². The number of nitrogens with zero attached hydrogens (tertiary/aromatic N) is 3. The molecule has 132 valence electrons. The summed E-state index contributed by atoms with van der Waals surface area (Å²) in [4.78, 5) is 8.33. The summed E-state index contributed by atoms with van der Waals surface area (Å²) >= 11 is 7.68. The van der Waals surface area contributed by atoms with Crippen molar-refractivity contribution in [3.8, 4) is 0 Å². The zero-order valence-electron chi connectivity index (χ0n) is 14.5. The highest BCUT2D eigenvalue weighted by Crippen LogP contribution is 2.25. The average molecular weight is 380 g/mol. The van der Waals surface area contributed by atoms with Crippen molar-refractivity contribution in [1.82, 2.24) is 4.90 Å². The van der Waals surface area contributed by atoms with Crippen molar-refractivity contribution in [2.75, 3.05) is 29.7 Å². The van der Waals surface area contributed by atoms with Gasteiger partial charge < -0.3 is 9.80 Å². The minimum atomic E-state index is 0.817. The Morgan fingerprint density at radius 1 is 0.769 bits per heavy atom. The van der Waals surface area contributed by atoms with E-state index in [1.54, 1.807) is 0 Å². The van der Waals surface area contributed by atoms with Crippen LogP contribution in [-0.2, 0) is 6.42 Å². The van der Waals surface area contributed by atoms with Gasteiger partial charge in [0.05, 0.1) is 13.3 Å². The zero-order valence-corrected chi connectivity index (χ0v) is 16.1. The Morgan fingerprint density at radius 3 is 1.85 bits per heavy atom. The Labute approximate surface area is 164 Å². The van der Waals surface area contributed by atoms with Gasteiger partial charge in [-0.25, -0.2) is 0 Å². The minimum Gasteiger partial charge on any atom is -0.305 e. The first kappa shape index (κ1) is 17.2. The molecule has 0 amide bonds. The lowest BCUT2D eigenvalue weighted by atomic mass is 10.2. The number of anilines is 2. The maximum Gasteiger partial charge on any atom is 0.182 e. The van der Waals surface area contributed by atoms with Gasteiger partial charge in [0, 0.05) is 22.8 Å². The lowest BCUT2D eigenvalue weighted by Crippen LogP contribution is -2.58. The molecule has 2 aromatic carbocycles. The normalized spacial score (nSPS) is 15.5. The number of para-hydroxylation sites is 2. The molecule has 1 aliphatic heterocycles. The summed E-state index contributed by atoms with van der Waals surface area (Å²) in [5.74, 6) is 0. The molecule has 5 heteroatoms. The highest BCUT2D eigenvalue weighted by atomic mass is 32.1. The van der Waals surface area contributed by atoms with Gasteiger partial charge in [0.2, 0.25) is 0 Å². The average Bonchev–Trinajstić information content (AvgIpc) is 3.22. The first-order chi connectivity index (χ1) is 12.8. The van der Waals surface area contributed by atoms with Crippen LogP contribution >= 0.6 is 23.6 Å². The number of hydrogen-bond acceptors (Lipinski definition) is 3. The maximum atomic E-state index is 5.86. The summed E-state index contributed by atoms with van der Waals surface area (Å²) in [6, 6.07) is 25.2. The topological polar surface area (TPSA) is 9.72 Å². The van der Waals surface area contributed by atoms with Crippen molar-refractivity contribution in [3.05, 3.63) is 83.1 Å². The third-order valence-electron chi connectivity index (χ3n) is 4.53. The van der Waals surface area contributed by atoms with Gasteiger partial charge in [-0.15, -0.1) is 11.3 Å². The van der Waals surface area contributed by atoms with E-state index in [1.165, 1.54) is 4.88 Å². The number of thiocarbonyl (C=S) groups is 1. The van der Waals surface area contributed by atoms with Gasteiger partial charge in [-0.1, -0.05) is 42.5 Å². The van der Waals surface area contributed by atoms with E-state index in [9.17, 15) is 0 Å². The van der Waals surface area contributed by atoms with Crippen molar-refractivity contribution in [2.45, 2.75) is 6.42 Å². The lowest BCUT2D eigenvalue weighted by Gasteiger charge is -2.44. The second kappa shape index (κ2) is 7.99. The van der Waals surface area contributed by atoms with Crippen LogP contribution in [0.4, 0.5) is 11.4 Å². The second-order valence-corrected chi connectivity index (χ2v) is 7.71. The monoisotopic (exact) mass is 379 g/mol. The Balaban J connectivity index is 1.58. The van der Waals surface area contributed by atoms with Gasteiger partial charge in [0.25, 0.3) is 0 Å². The van der Waals surface area contributed by atoms with Crippen LogP contribution in [0.5, 0.6) is 0 Å². The molecule has 0 saturated carbocycles. The summed E-state index contributed by atoms with van der Waals surface area (Å²) < 4.78 is 0. The predicted molar refractivity (Wildman–Crippen MR) is 115 cm³/mol. The zero-order chi connectivity index (χ0) is 17.8. The Hall–Kier alpha value is -2.21. The van der Waals surface area contributed by atoms with Crippen LogP contribution in [0.1, 0.15) is 4.88 Å². The van der Waals surface area contributed by atoms with Gasteiger partial charge in [-0.2, -0.15) is 0 Å². The van der Waals surface area contributed by atoms with Crippen LogP contribution in [0, 0.1) is 0 Å². The molecule has 0 atom stereocenters. The van der Waals surface area contributed by atoms with Crippen LogP contribution in [0.2, 0.25) is 0 Å². The number of benzene rings is 2. The molecule has 0 radical (unpaired) electrons. The van der Waals surface area contributed by atoms with Crippen LogP contribution in [-0.4, -0.2) is 29.9 Å². The number of rotatable bonds is 5. The summed E-state index contributed by atoms with van der Waals surface area (Å²) in [5, 5.41) is 3.00. The maximum absolute atomic E-state index is 5.86. The largest absolute Gasteiger partial charge is 0.305 e. The van der Waals surface area contributed by atoms with E-state index in [0.29, 0.717) is 0 Å². The van der Waals surface area contributed by atoms with Gasteiger partial charge in [0.15, 0.2) is 5.11 Å². The van der Waals surface area contributed by atoms with Crippen LogP contribution in [0.25, 0.3) is 0 Å². The van der Waals surface area contributed by atoms with E-state index >= 15 is 0 Å². The molecule has 2 heterocycles. The van der Waals surface area contributed by atoms with E-state index in [4.69, 9.17) is 12.2 Å². The standard InChI is InChI=1S/C21H21N3S2/c25-21-23(18-8-3-1-4-9-18)16-22(14-13-20-12-7-15-26-20)17-24(21)19-10-5-2-6-11-19/h1-12,15H,13-14,16-17H2. The first-order valence-corrected chi connectivity index (χ1v) is 10.0. The molecule has 3 aromatic rings. The van der Waals surface area contributed by atoms with Crippen molar-refractivity contribution < 1.29 is 0 Å². The third-order valence-corrected chi connectivity index (χ3v) is 5.91. The number of thiophene rings is 1. The molecule has 0 N–H and O–H groups in total. The minimum absolute atomic E-state index is 0.817. The van der Waals surface area contributed by atoms with E-state index in [2.05, 4.69) is 80.7 Å². The molecule has 4 rings (SSSR count). The van der Waals surface area contributed by atoms with Gasteiger partial charge in [0.1, 0.15) is 0 Å². The summed E-state index contributed by atoms with van der Waals surface area (Å²) in [7, 11) is 0. The molecule has 0 spiro atoms. The molecule has 26 heavy (non-hydrogen) atoms. The summed E-state index contributed by atoms with van der Waals surface area (Å²) in [5.41, 5.74) is 2.28. The molecule has 1 aromatic heterocycles. The fourth-order valence-electron chi connectivity index (χ4n) is 3.18. The molecule has 0 unspecified atom stereocenters. The van der Waals surface area contributed by atoms with E-state index in [0.717, 1.165) is 42.8 Å². The van der Waals surface area contributed by atoms with Gasteiger partial charge in [-0.05, 0) is 54.4 Å². The third kappa shape index (κ3) is 3.80. The highest BCUT2D eigenvalue weighted by molar-refractivity contribution is 7.80. The van der Waals surface area contributed by atoms with Crippen LogP contribution in [0.3, 0.4) is 0 Å². The molecule has 1 aliphatic rings. The molecule has 1 saturated heterocycles. The van der Waals surface area contributed by atoms with E-state index < -0.39 is 0 Å². The SMILES string of the molecule is S=C1N(c2ccccc2)CN(CCc2cccs2)CN1c1ccccc1. The summed E-state index contributed by atoms with van der Waals surface area (Å²) in [6.07, 6.45) is 1.07.